The molecule has 2 aliphatic carbocycles. The van der Waals surface area contributed by atoms with Crippen LogP contribution < -0.4 is 5.48 Å². The average Bonchev–Trinajstić information content (AvgIpc) is 2.79. The number of rotatable bonds is 3. The lowest BCUT2D eigenvalue weighted by atomic mass is 9.75. The second kappa shape index (κ2) is 5.17. The number of carbonyl (C=O) groups excluding carboxylic acids is 1. The Morgan fingerprint density at radius 2 is 1.75 bits per heavy atom. The Bertz CT molecular complexity index is 240. The smallest absolute Gasteiger partial charge is 0.249 e. The number of carbonyl (C=O) groups is 1. The molecule has 0 saturated heterocycles. The number of hydrogen-bond acceptors (Lipinski definition) is 2. The molecule has 0 heterocycles. The molecule has 3 nitrogen and oxygen atoms in total. The van der Waals surface area contributed by atoms with Crippen LogP contribution >= 0.6 is 0 Å². The Kier molecular flexibility index (Phi) is 3.85. The molecule has 0 bridgehead atoms. The number of hydroxylamine groups is 1. The fraction of sp³-hybridized carbons (Fsp3) is 0.923. The molecule has 0 unspecified atom stereocenters. The Hall–Kier alpha value is -0.570. The van der Waals surface area contributed by atoms with E-state index in [-0.39, 0.29) is 17.4 Å². The Labute approximate surface area is 97.9 Å². The van der Waals surface area contributed by atoms with Gasteiger partial charge in [-0.25, -0.2) is 5.48 Å². The molecular formula is C13H23NO2. The van der Waals surface area contributed by atoms with Gasteiger partial charge in [-0.05, 0) is 25.7 Å². The summed E-state index contributed by atoms with van der Waals surface area (Å²) in [5.74, 6) is 0.0964. The molecule has 0 atom stereocenters. The van der Waals surface area contributed by atoms with E-state index in [4.69, 9.17) is 4.84 Å². The monoisotopic (exact) mass is 225 g/mol. The molecule has 0 aromatic carbocycles. The van der Waals surface area contributed by atoms with Crippen molar-refractivity contribution in [2.75, 3.05) is 0 Å². The minimum atomic E-state index is -0.184. The van der Waals surface area contributed by atoms with Gasteiger partial charge >= 0.3 is 0 Å². The fourth-order valence-electron chi connectivity index (χ4n) is 2.83. The van der Waals surface area contributed by atoms with Crippen molar-refractivity contribution in [2.45, 2.75) is 70.8 Å². The van der Waals surface area contributed by atoms with E-state index >= 15 is 0 Å². The van der Waals surface area contributed by atoms with Gasteiger partial charge in [0.15, 0.2) is 0 Å². The van der Waals surface area contributed by atoms with Crippen LogP contribution in [0.3, 0.4) is 0 Å². The molecule has 2 aliphatic rings. The third-order valence-corrected chi connectivity index (χ3v) is 4.13. The van der Waals surface area contributed by atoms with Gasteiger partial charge in [0, 0.05) is 5.41 Å². The van der Waals surface area contributed by atoms with Crippen molar-refractivity contribution in [2.24, 2.45) is 5.41 Å². The summed E-state index contributed by atoms with van der Waals surface area (Å²) in [6.07, 6.45) is 10.5. The van der Waals surface area contributed by atoms with Crippen LogP contribution in [0.25, 0.3) is 0 Å². The molecular weight excluding hydrogens is 202 g/mol. The van der Waals surface area contributed by atoms with Crippen molar-refractivity contribution in [3.8, 4) is 0 Å². The van der Waals surface area contributed by atoms with Crippen LogP contribution in [0.15, 0.2) is 0 Å². The molecule has 16 heavy (non-hydrogen) atoms. The van der Waals surface area contributed by atoms with Crippen molar-refractivity contribution >= 4 is 5.91 Å². The van der Waals surface area contributed by atoms with Crippen LogP contribution in [0.1, 0.15) is 64.7 Å². The first kappa shape index (κ1) is 11.9. The Balaban J connectivity index is 1.77. The van der Waals surface area contributed by atoms with Gasteiger partial charge in [-0.15, -0.1) is 0 Å². The lowest BCUT2D eigenvalue weighted by Gasteiger charge is -2.32. The van der Waals surface area contributed by atoms with Gasteiger partial charge in [0.05, 0.1) is 6.10 Å². The minimum Gasteiger partial charge on any atom is -0.272 e. The quantitative estimate of drug-likeness (QED) is 0.750. The van der Waals surface area contributed by atoms with Crippen molar-refractivity contribution in [1.29, 1.82) is 0 Å². The Morgan fingerprint density at radius 1 is 1.12 bits per heavy atom. The third kappa shape index (κ3) is 2.76. The first-order valence-corrected chi connectivity index (χ1v) is 6.67. The highest BCUT2D eigenvalue weighted by molar-refractivity contribution is 5.81. The van der Waals surface area contributed by atoms with Gasteiger partial charge in [0.2, 0.25) is 5.91 Å². The van der Waals surface area contributed by atoms with E-state index < -0.39 is 0 Å². The van der Waals surface area contributed by atoms with E-state index in [1.54, 1.807) is 0 Å². The van der Waals surface area contributed by atoms with Gasteiger partial charge in [-0.2, -0.15) is 0 Å². The van der Waals surface area contributed by atoms with E-state index in [1.807, 2.05) is 0 Å². The predicted octanol–water partition coefficient (Wildman–Crippen LogP) is 2.95. The molecule has 3 heteroatoms. The third-order valence-electron chi connectivity index (χ3n) is 4.13. The second-order valence-electron chi connectivity index (χ2n) is 5.58. The summed E-state index contributed by atoms with van der Waals surface area (Å²) in [7, 11) is 0. The number of hydrogen-bond donors (Lipinski definition) is 1. The van der Waals surface area contributed by atoms with Crippen LogP contribution in [0.4, 0.5) is 0 Å². The highest BCUT2D eigenvalue weighted by Crippen LogP contribution is 2.36. The summed E-state index contributed by atoms with van der Waals surface area (Å²) in [5.41, 5.74) is 2.51. The zero-order valence-corrected chi connectivity index (χ0v) is 10.3. The van der Waals surface area contributed by atoms with E-state index in [1.165, 1.54) is 32.1 Å². The summed E-state index contributed by atoms with van der Waals surface area (Å²) in [6, 6.07) is 0. The normalized spacial score (nSPS) is 25.6. The fourth-order valence-corrected chi connectivity index (χ4v) is 2.83. The maximum Gasteiger partial charge on any atom is 0.249 e. The zero-order chi connectivity index (χ0) is 11.4. The summed E-state index contributed by atoms with van der Waals surface area (Å²) >= 11 is 0. The highest BCUT2D eigenvalue weighted by atomic mass is 16.7. The standard InChI is InChI=1S/C13H23NO2/c1-13(9-5-2-6-10-13)12(15)14-16-11-7-3-4-8-11/h11H,2-10H2,1H3,(H,14,15). The molecule has 2 rings (SSSR count). The SMILES string of the molecule is CC1(C(=O)NOC2CCCC2)CCCCC1. The molecule has 0 radical (unpaired) electrons. The van der Waals surface area contributed by atoms with Crippen molar-refractivity contribution in [1.82, 2.24) is 5.48 Å². The van der Waals surface area contributed by atoms with E-state index in [0.29, 0.717) is 0 Å². The van der Waals surface area contributed by atoms with Gasteiger partial charge in [0.1, 0.15) is 0 Å². The summed E-state index contributed by atoms with van der Waals surface area (Å²) in [5, 5.41) is 0. The molecule has 0 aromatic heterocycles. The van der Waals surface area contributed by atoms with Crippen LogP contribution in [0.2, 0.25) is 0 Å². The topological polar surface area (TPSA) is 38.3 Å². The lowest BCUT2D eigenvalue weighted by Crippen LogP contribution is -2.41. The van der Waals surface area contributed by atoms with Crippen molar-refractivity contribution < 1.29 is 9.63 Å². The van der Waals surface area contributed by atoms with Gasteiger partial charge < -0.3 is 0 Å². The largest absolute Gasteiger partial charge is 0.272 e. The molecule has 0 aromatic rings. The zero-order valence-electron chi connectivity index (χ0n) is 10.3. The number of amides is 1. The second-order valence-corrected chi connectivity index (χ2v) is 5.58. The highest BCUT2D eigenvalue weighted by Gasteiger charge is 2.35. The van der Waals surface area contributed by atoms with E-state index in [9.17, 15) is 4.79 Å². The van der Waals surface area contributed by atoms with Gasteiger partial charge in [0.25, 0.3) is 0 Å². The summed E-state index contributed by atoms with van der Waals surface area (Å²) in [6.45, 7) is 2.07. The molecule has 0 aliphatic heterocycles. The first-order chi connectivity index (χ1) is 7.71. The molecule has 2 fully saturated rings. The van der Waals surface area contributed by atoms with Crippen molar-refractivity contribution in [3.05, 3.63) is 0 Å². The van der Waals surface area contributed by atoms with Crippen LogP contribution in [-0.2, 0) is 9.63 Å². The van der Waals surface area contributed by atoms with Crippen LogP contribution in [0, 0.1) is 5.41 Å². The maximum atomic E-state index is 12.0. The van der Waals surface area contributed by atoms with E-state index in [0.717, 1.165) is 25.7 Å². The van der Waals surface area contributed by atoms with E-state index in [2.05, 4.69) is 12.4 Å². The van der Waals surface area contributed by atoms with Crippen molar-refractivity contribution in [3.63, 3.8) is 0 Å². The van der Waals surface area contributed by atoms with Crippen LogP contribution in [-0.4, -0.2) is 12.0 Å². The summed E-state index contributed by atoms with van der Waals surface area (Å²) < 4.78 is 0. The van der Waals surface area contributed by atoms with Gasteiger partial charge in [-0.1, -0.05) is 39.0 Å². The Morgan fingerprint density at radius 3 is 2.38 bits per heavy atom. The molecule has 92 valence electrons. The molecule has 1 amide bonds. The average molecular weight is 225 g/mol. The molecule has 2 saturated carbocycles. The molecule has 1 N–H and O–H groups in total. The van der Waals surface area contributed by atoms with Gasteiger partial charge in [-0.3, -0.25) is 9.63 Å². The first-order valence-electron chi connectivity index (χ1n) is 6.67. The lowest BCUT2D eigenvalue weighted by molar-refractivity contribution is -0.149. The van der Waals surface area contributed by atoms with Crippen LogP contribution in [0.5, 0.6) is 0 Å². The minimum absolute atomic E-state index is 0.0964. The summed E-state index contributed by atoms with van der Waals surface area (Å²) in [4.78, 5) is 17.5. The number of nitrogens with one attached hydrogen (secondary N) is 1. The molecule has 0 spiro atoms. The maximum absolute atomic E-state index is 12.0. The predicted molar refractivity (Wildman–Crippen MR) is 62.7 cm³/mol.